The van der Waals surface area contributed by atoms with Crippen molar-refractivity contribution >= 4 is 17.9 Å². The van der Waals surface area contributed by atoms with Crippen LogP contribution >= 0.6 is 0 Å². The summed E-state index contributed by atoms with van der Waals surface area (Å²) < 4.78 is 10.0. The number of nitrogens with one attached hydrogen (secondary N) is 2. The van der Waals surface area contributed by atoms with Crippen LogP contribution in [-0.2, 0) is 9.53 Å². The molecule has 0 radical (unpaired) electrons. The van der Waals surface area contributed by atoms with E-state index in [1.54, 1.807) is 6.92 Å². The molecule has 2 N–H and O–H groups in total. The normalized spacial score (nSPS) is 16.4. The smallest absolute Gasteiger partial charge is 0.342 e. The first-order valence-electron chi connectivity index (χ1n) is 7.84. The number of rotatable bonds is 4. The van der Waals surface area contributed by atoms with Crippen molar-refractivity contribution in [3.8, 4) is 0 Å². The number of hydrogen-bond donors (Lipinski definition) is 2. The minimum atomic E-state index is -1.08. The highest BCUT2D eigenvalue weighted by Gasteiger charge is 2.23. The summed E-state index contributed by atoms with van der Waals surface area (Å²) in [7, 11) is 0. The molecule has 1 aromatic heterocycles. The fourth-order valence-corrected chi connectivity index (χ4v) is 2.56. The van der Waals surface area contributed by atoms with Gasteiger partial charge in [0.05, 0.1) is 6.26 Å². The lowest BCUT2D eigenvalue weighted by Crippen LogP contribution is -2.48. The van der Waals surface area contributed by atoms with Gasteiger partial charge in [-0.25, -0.2) is 9.59 Å². The third-order valence-corrected chi connectivity index (χ3v) is 3.91. The van der Waals surface area contributed by atoms with Crippen molar-refractivity contribution in [1.82, 2.24) is 10.6 Å². The monoisotopic (exact) mass is 322 g/mol. The minimum absolute atomic E-state index is 0.1000. The number of amides is 3. The number of urea groups is 1. The van der Waals surface area contributed by atoms with Crippen molar-refractivity contribution in [2.45, 2.75) is 58.1 Å². The molecule has 0 aromatic carbocycles. The number of hydrogen-bond acceptors (Lipinski definition) is 5. The van der Waals surface area contributed by atoms with Gasteiger partial charge in [0.15, 0.2) is 6.10 Å². The molecule has 0 unspecified atom stereocenters. The molecule has 126 valence electrons. The summed E-state index contributed by atoms with van der Waals surface area (Å²) in [4.78, 5) is 35.6. The number of carbonyl (C=O) groups is 3. The van der Waals surface area contributed by atoms with Crippen molar-refractivity contribution in [2.24, 2.45) is 0 Å². The third kappa shape index (κ3) is 4.84. The Kier molecular flexibility index (Phi) is 5.78. The van der Waals surface area contributed by atoms with Crippen molar-refractivity contribution in [3.05, 3.63) is 23.7 Å². The highest BCUT2D eigenvalue weighted by molar-refractivity contribution is 5.98. The Morgan fingerprint density at radius 1 is 1.26 bits per heavy atom. The first kappa shape index (κ1) is 17.1. The second-order valence-electron chi connectivity index (χ2n) is 5.74. The Bertz CT molecular complexity index is 575. The number of esters is 1. The Balaban J connectivity index is 1.79. The standard InChI is InChI=1S/C16H22N2O5/c1-10-13(8-9-22-10)15(20)23-11(2)14(19)18-16(21)17-12-6-4-3-5-7-12/h8-9,11-12H,3-7H2,1-2H3,(H2,17,18,19,21)/t11-/m0/s1. The predicted octanol–water partition coefficient (Wildman–Crippen LogP) is 2.29. The van der Waals surface area contributed by atoms with E-state index < -0.39 is 24.0 Å². The van der Waals surface area contributed by atoms with Gasteiger partial charge in [0.25, 0.3) is 5.91 Å². The average molecular weight is 322 g/mol. The van der Waals surface area contributed by atoms with Crippen LogP contribution in [0.5, 0.6) is 0 Å². The lowest BCUT2D eigenvalue weighted by atomic mass is 9.96. The van der Waals surface area contributed by atoms with Gasteiger partial charge in [-0.05, 0) is 32.8 Å². The van der Waals surface area contributed by atoms with Crippen LogP contribution in [0, 0.1) is 6.92 Å². The lowest BCUT2D eigenvalue weighted by Gasteiger charge is -2.23. The molecular formula is C16H22N2O5. The number of carbonyl (C=O) groups excluding carboxylic acids is 3. The van der Waals surface area contributed by atoms with Crippen LogP contribution in [0.4, 0.5) is 4.79 Å². The van der Waals surface area contributed by atoms with E-state index in [4.69, 9.17) is 9.15 Å². The Hall–Kier alpha value is -2.31. The SMILES string of the molecule is Cc1occc1C(=O)O[C@@H](C)C(=O)NC(=O)NC1CCCCC1. The summed E-state index contributed by atoms with van der Waals surface area (Å²) in [6, 6.07) is 1.02. The zero-order valence-electron chi connectivity index (χ0n) is 13.4. The van der Waals surface area contributed by atoms with Crippen molar-refractivity contribution in [2.75, 3.05) is 0 Å². The maximum absolute atomic E-state index is 11.9. The Labute approximate surface area is 134 Å². The molecule has 1 aliphatic rings. The van der Waals surface area contributed by atoms with Crippen molar-refractivity contribution < 1.29 is 23.5 Å². The van der Waals surface area contributed by atoms with Crippen molar-refractivity contribution in [3.63, 3.8) is 0 Å². The van der Waals surface area contributed by atoms with Crippen LogP contribution in [0.1, 0.15) is 55.1 Å². The predicted molar refractivity (Wildman–Crippen MR) is 81.9 cm³/mol. The summed E-state index contributed by atoms with van der Waals surface area (Å²) in [6.45, 7) is 3.04. The van der Waals surface area contributed by atoms with Gasteiger partial charge in [0.1, 0.15) is 11.3 Å². The average Bonchev–Trinajstić information content (AvgIpc) is 2.94. The number of aryl methyl sites for hydroxylation is 1. The van der Waals surface area contributed by atoms with Crippen LogP contribution in [0.25, 0.3) is 0 Å². The molecular weight excluding hydrogens is 300 g/mol. The maximum atomic E-state index is 11.9. The second kappa shape index (κ2) is 7.80. The molecule has 0 spiro atoms. The molecule has 7 nitrogen and oxygen atoms in total. The topological polar surface area (TPSA) is 97.6 Å². The Morgan fingerprint density at radius 3 is 2.57 bits per heavy atom. The summed E-state index contributed by atoms with van der Waals surface area (Å²) >= 11 is 0. The molecule has 3 amide bonds. The van der Waals surface area contributed by atoms with Crippen LogP contribution in [0.3, 0.4) is 0 Å². The lowest BCUT2D eigenvalue weighted by molar-refractivity contribution is -0.127. The first-order chi connectivity index (χ1) is 11.0. The third-order valence-electron chi connectivity index (χ3n) is 3.91. The summed E-state index contributed by atoms with van der Waals surface area (Å²) in [5.74, 6) is -0.906. The van der Waals surface area contributed by atoms with E-state index in [-0.39, 0.29) is 11.6 Å². The van der Waals surface area contributed by atoms with E-state index in [0.29, 0.717) is 5.76 Å². The fraction of sp³-hybridized carbons (Fsp3) is 0.562. The van der Waals surface area contributed by atoms with Gasteiger partial charge >= 0.3 is 12.0 Å². The van der Waals surface area contributed by atoms with E-state index in [1.165, 1.54) is 25.7 Å². The number of imide groups is 1. The highest BCUT2D eigenvalue weighted by atomic mass is 16.5. The molecule has 7 heteroatoms. The molecule has 0 saturated heterocycles. The van der Waals surface area contributed by atoms with E-state index in [1.807, 2.05) is 0 Å². The summed E-state index contributed by atoms with van der Waals surface area (Å²) in [6.07, 6.45) is 5.48. The largest absolute Gasteiger partial charge is 0.469 e. The first-order valence-corrected chi connectivity index (χ1v) is 7.84. The van der Waals surface area contributed by atoms with Crippen LogP contribution < -0.4 is 10.6 Å². The molecule has 1 aromatic rings. The molecule has 23 heavy (non-hydrogen) atoms. The van der Waals surface area contributed by atoms with Gasteiger partial charge in [0.2, 0.25) is 0 Å². The summed E-state index contributed by atoms with van der Waals surface area (Å²) in [5, 5.41) is 4.97. The zero-order valence-corrected chi connectivity index (χ0v) is 13.4. The molecule has 1 saturated carbocycles. The number of furan rings is 1. The highest BCUT2D eigenvalue weighted by Crippen LogP contribution is 2.17. The van der Waals surface area contributed by atoms with Gasteiger partial charge in [-0.2, -0.15) is 0 Å². The van der Waals surface area contributed by atoms with Crippen LogP contribution in [0.15, 0.2) is 16.7 Å². The second-order valence-corrected chi connectivity index (χ2v) is 5.74. The summed E-state index contributed by atoms with van der Waals surface area (Å²) in [5.41, 5.74) is 0.260. The van der Waals surface area contributed by atoms with Crippen molar-refractivity contribution in [1.29, 1.82) is 0 Å². The molecule has 0 aliphatic heterocycles. The van der Waals surface area contributed by atoms with Gasteiger partial charge in [-0.3, -0.25) is 10.1 Å². The van der Waals surface area contributed by atoms with Gasteiger partial charge in [0, 0.05) is 6.04 Å². The zero-order chi connectivity index (χ0) is 16.8. The van der Waals surface area contributed by atoms with E-state index >= 15 is 0 Å². The fourth-order valence-electron chi connectivity index (χ4n) is 2.56. The molecule has 1 aliphatic carbocycles. The maximum Gasteiger partial charge on any atom is 0.342 e. The van der Waals surface area contributed by atoms with Crippen LogP contribution in [-0.4, -0.2) is 30.1 Å². The molecule has 1 atom stereocenters. The molecule has 1 heterocycles. The number of ether oxygens (including phenoxy) is 1. The van der Waals surface area contributed by atoms with Gasteiger partial charge in [-0.1, -0.05) is 19.3 Å². The van der Waals surface area contributed by atoms with E-state index in [2.05, 4.69) is 10.6 Å². The van der Waals surface area contributed by atoms with Crippen LogP contribution in [0.2, 0.25) is 0 Å². The molecule has 1 fully saturated rings. The quantitative estimate of drug-likeness (QED) is 0.829. The minimum Gasteiger partial charge on any atom is -0.469 e. The van der Waals surface area contributed by atoms with E-state index in [9.17, 15) is 14.4 Å². The molecule has 0 bridgehead atoms. The Morgan fingerprint density at radius 2 is 1.96 bits per heavy atom. The van der Waals surface area contributed by atoms with Gasteiger partial charge in [-0.15, -0.1) is 0 Å². The van der Waals surface area contributed by atoms with E-state index in [0.717, 1.165) is 25.7 Å². The molecule has 2 rings (SSSR count). The van der Waals surface area contributed by atoms with Gasteiger partial charge < -0.3 is 14.5 Å².